The zero-order valence-electron chi connectivity index (χ0n) is 77.6. The standard InChI is InChI=1S/C80H132N4O62/c1-18(94)81-35-48(111)58(29(12-90)128-68(35)121)137-69-36(82-19(2)95)49(112)60(31(14-92)132-69)139-73-56(119)62(141-76-67(54(117)44(107)27(10-88)131-76)143-71-38(84-21(4)97)50(113)59(30(13-91)134-71)138-72-55(118)52(115)45(108)34(136-72)17-127-79(77(122)123)5-22(98)39(102)63(144-79)41(104)24(100)7-85)47(110)33(135-73)16-126-75-66(53(116)43(106)26(9-87)130-75)142-70-37(83-20(3)96)51(114)61(32(15-93)133-70)140-74-57(120)65(46(109)28(11-89)129-74)146-80(78(124)125)6-23(99)40(103)64(145-80)42(105)25(101)8-86/h22-76,85-93,98-121H,5-17H2,1-4H3,(H,81,94)(H,82,95)(H,83,96)(H,84,97)(H,122,123)(H,124,125)/t22-,23-,24+,25+,26+,27+,28+,29+,30+,31+,32+,33+,34+,35+,36+,37+,38+,39+,40+,41+,42+,43+,44+,45-,46-,47+,48+,49+,50+,51+,52-,53-,54-,55+,56-,57+,58+,59+,60+,61+,62-,63+,64+,65-,66-,67-,68+,69-,70-,71-,72-,73-,74-,75-,76+,79+,80-/m0/s1. The highest BCUT2D eigenvalue weighted by Gasteiger charge is 2.66. The number of hydrogen-bond acceptors (Lipinski definition) is 60. The summed E-state index contributed by atoms with van der Waals surface area (Å²) < 4.78 is 124. The van der Waals surface area contributed by atoms with E-state index in [4.69, 9.17) is 99.5 Å². The van der Waals surface area contributed by atoms with Crippen molar-refractivity contribution in [3.63, 3.8) is 0 Å². The van der Waals surface area contributed by atoms with E-state index >= 15 is 0 Å². The van der Waals surface area contributed by atoms with Crippen molar-refractivity contribution in [2.24, 2.45) is 0 Å². The molecule has 0 spiro atoms. The molecular weight excluding hydrogens is 2010 g/mol. The lowest BCUT2D eigenvalue weighted by Gasteiger charge is -2.51. The Balaban J connectivity index is 0.897. The van der Waals surface area contributed by atoms with E-state index in [1.54, 1.807) is 0 Å². The average molecular weight is 2140 g/mol. The Hall–Kier alpha value is -5.34. The molecule has 57 atom stereocenters. The van der Waals surface area contributed by atoms with Gasteiger partial charge in [0.2, 0.25) is 23.6 Å². The molecule has 0 saturated carbocycles. The number of carboxylic acid groups (broad SMARTS) is 2. The van der Waals surface area contributed by atoms with Crippen LogP contribution in [0.2, 0.25) is 0 Å². The monoisotopic (exact) mass is 2140 g/mol. The van der Waals surface area contributed by atoms with Crippen LogP contribution in [0.5, 0.6) is 0 Å². The van der Waals surface area contributed by atoms with Crippen molar-refractivity contribution in [3.8, 4) is 0 Å². The summed E-state index contributed by atoms with van der Waals surface area (Å²) >= 11 is 0. The summed E-state index contributed by atoms with van der Waals surface area (Å²) in [6.45, 7) is -10.3. The minimum atomic E-state index is -3.34. The second kappa shape index (κ2) is 51.8. The number of aliphatic carboxylic acids is 2. The van der Waals surface area contributed by atoms with Gasteiger partial charge < -0.3 is 299 Å². The van der Waals surface area contributed by atoms with Crippen LogP contribution in [-0.4, -0.2) is 636 Å². The zero-order chi connectivity index (χ0) is 108. The van der Waals surface area contributed by atoms with Gasteiger partial charge in [-0.15, -0.1) is 0 Å². The molecule has 39 N–H and O–H groups in total. The van der Waals surface area contributed by atoms with Crippen molar-refractivity contribution in [2.45, 2.75) is 389 Å². The molecular formula is C80H132N4O62. The number of ether oxygens (including phenoxy) is 21. The first-order chi connectivity index (χ1) is 68.8. The van der Waals surface area contributed by atoms with E-state index in [1.807, 2.05) is 0 Å². The molecule has 11 fully saturated rings. The molecule has 0 radical (unpaired) electrons. The van der Waals surface area contributed by atoms with Crippen LogP contribution in [0.1, 0.15) is 40.5 Å². The van der Waals surface area contributed by atoms with E-state index in [2.05, 4.69) is 21.3 Å². The topological polar surface area (TPSA) is 1050 Å². The molecule has 844 valence electrons. The maximum absolute atomic E-state index is 13.3. The van der Waals surface area contributed by atoms with Gasteiger partial charge in [0.05, 0.1) is 84.9 Å². The molecule has 66 nitrogen and oxygen atoms in total. The van der Waals surface area contributed by atoms with Crippen molar-refractivity contribution in [1.82, 2.24) is 21.3 Å². The number of hydrogen-bond donors (Lipinski definition) is 39. The first kappa shape index (κ1) is 121. The lowest BCUT2D eigenvalue weighted by atomic mass is 9.90. The smallest absolute Gasteiger partial charge is 0.364 e. The summed E-state index contributed by atoms with van der Waals surface area (Å²) in [5, 5.41) is 399. The van der Waals surface area contributed by atoms with E-state index < -0.39 is 470 Å². The summed E-state index contributed by atoms with van der Waals surface area (Å²) in [5.74, 6) is -14.8. The third-order valence-corrected chi connectivity index (χ3v) is 26.5. The van der Waals surface area contributed by atoms with Crippen LogP contribution >= 0.6 is 0 Å². The number of nitrogens with one attached hydrogen (secondary N) is 4. The summed E-state index contributed by atoms with van der Waals surface area (Å²) in [6.07, 6.45) is -119. The van der Waals surface area contributed by atoms with Crippen molar-refractivity contribution < 1.29 is 307 Å². The van der Waals surface area contributed by atoms with E-state index in [1.165, 1.54) is 0 Å². The highest BCUT2D eigenvalue weighted by molar-refractivity contribution is 5.77. The van der Waals surface area contributed by atoms with Crippen LogP contribution in [0.4, 0.5) is 0 Å². The summed E-state index contributed by atoms with van der Waals surface area (Å²) in [4.78, 5) is 77.9. The first-order valence-electron chi connectivity index (χ1n) is 45.9. The Kier molecular flexibility index (Phi) is 42.9. The van der Waals surface area contributed by atoms with Crippen LogP contribution in [0, 0.1) is 0 Å². The molecule has 146 heavy (non-hydrogen) atoms. The predicted octanol–water partition coefficient (Wildman–Crippen LogP) is -26.0. The lowest BCUT2D eigenvalue weighted by molar-refractivity contribution is -0.400. The van der Waals surface area contributed by atoms with Gasteiger partial charge in [0.1, 0.15) is 268 Å². The van der Waals surface area contributed by atoms with Crippen molar-refractivity contribution in [3.05, 3.63) is 0 Å². The summed E-state index contributed by atoms with van der Waals surface area (Å²) in [5.41, 5.74) is 0. The van der Waals surface area contributed by atoms with Gasteiger partial charge in [-0.1, -0.05) is 0 Å². The highest BCUT2D eigenvalue weighted by atomic mass is 16.8. The fourth-order valence-corrected chi connectivity index (χ4v) is 18.7. The minimum Gasteiger partial charge on any atom is -0.477 e. The average Bonchev–Trinajstić information content (AvgIpc) is 0.658. The van der Waals surface area contributed by atoms with Crippen LogP contribution in [0.25, 0.3) is 0 Å². The molecule has 0 unspecified atom stereocenters. The number of carbonyl (C=O) groups excluding carboxylic acids is 4. The molecule has 0 aromatic carbocycles. The molecule has 4 amide bonds. The van der Waals surface area contributed by atoms with Crippen LogP contribution in [-0.2, 0) is 128 Å². The summed E-state index contributed by atoms with van der Waals surface area (Å²) in [6, 6.07) is -8.06. The maximum atomic E-state index is 13.3. The molecule has 0 aliphatic carbocycles. The second-order valence-corrected chi connectivity index (χ2v) is 36.7. The Morgan fingerprint density at radius 1 is 0.288 bits per heavy atom. The SMILES string of the molecule is CC(=O)N[C@@H]1[C@@H](O)[C@H](O[C@@H]2O[C@H](CO)[C@@H](O[C@@H]3O[C@H](CO[C@H]4O[C@H](CO)[C@@H](O)[C@H](O)[C@@H]4O[C@@H]4O[C@H](CO)[C@@H](O[C@@H]5O[C@H](CO)[C@H](O)[C@H](O[C@]6(C(=O)O)C[C@H](O)[C@@H](O)[C@H]([C@H](O)[C@H](O)CO)O6)[C@H]5O)[C@H](O)[C@H]4NC(C)=O)[C@@H](O)[C@H](O[C@H]4O[C@H](CO)[C@@H](O)[C@H](O)[C@@H]4O[C@@H]4O[C@H](CO)[C@@H](O[C@@H]5O[C@H](CO[C@]6(C(=O)O)C[C@H](O)[C@@H](O)[C@H]([C@H](O)[C@H](O)CO)O6)[C@H](O)[C@H](O)[C@H]5O)[C@H](O)[C@H]4NC(C)=O)[C@@H]3O)[C@H](O)[C@H]2NC(C)=O)[C@@H](CO)O[C@H]1O. The van der Waals surface area contributed by atoms with E-state index in [0.29, 0.717) is 0 Å². The minimum absolute atomic E-state index is 0.836. The Morgan fingerprint density at radius 3 is 0.979 bits per heavy atom. The normalized spacial score (nSPS) is 47.5. The first-order valence-corrected chi connectivity index (χ1v) is 45.9. The number of carboxylic acids is 2. The Bertz CT molecular complexity index is 4140. The number of carbonyl (C=O) groups is 6. The fraction of sp³-hybridized carbons (Fsp3) is 0.925. The molecule has 0 bridgehead atoms. The summed E-state index contributed by atoms with van der Waals surface area (Å²) in [7, 11) is 0. The number of rotatable bonds is 41. The van der Waals surface area contributed by atoms with Crippen molar-refractivity contribution in [1.29, 1.82) is 0 Å². The van der Waals surface area contributed by atoms with Gasteiger partial charge in [0.25, 0.3) is 11.6 Å². The second-order valence-electron chi connectivity index (χ2n) is 36.7. The molecule has 11 rings (SSSR count). The Morgan fingerprint density at radius 2 is 0.582 bits per heavy atom. The van der Waals surface area contributed by atoms with Crippen molar-refractivity contribution >= 4 is 35.6 Å². The fourth-order valence-electron chi connectivity index (χ4n) is 18.7. The maximum Gasteiger partial charge on any atom is 0.364 e. The van der Waals surface area contributed by atoms with Gasteiger partial charge in [-0.25, -0.2) is 9.59 Å². The van der Waals surface area contributed by atoms with Gasteiger partial charge in [0, 0.05) is 40.5 Å². The molecule has 11 heterocycles. The molecule has 0 aromatic heterocycles. The van der Waals surface area contributed by atoms with Crippen molar-refractivity contribution in [2.75, 3.05) is 72.7 Å². The number of aliphatic hydroxyl groups is 33. The van der Waals surface area contributed by atoms with E-state index in [-0.39, 0.29) is 0 Å². The third-order valence-electron chi connectivity index (χ3n) is 26.5. The van der Waals surface area contributed by atoms with Gasteiger partial charge in [0.15, 0.2) is 56.6 Å². The largest absolute Gasteiger partial charge is 0.477 e. The number of aliphatic hydroxyl groups excluding tert-OH is 33. The van der Waals surface area contributed by atoms with Crippen LogP contribution in [0.15, 0.2) is 0 Å². The molecule has 11 saturated heterocycles. The van der Waals surface area contributed by atoms with Gasteiger partial charge >= 0.3 is 11.9 Å². The quantitative estimate of drug-likeness (QED) is 0.0270. The molecule has 11 aliphatic rings. The van der Waals surface area contributed by atoms with Crippen LogP contribution < -0.4 is 21.3 Å². The molecule has 66 heteroatoms. The lowest BCUT2D eigenvalue weighted by Crippen LogP contribution is -2.71. The zero-order valence-corrected chi connectivity index (χ0v) is 77.6. The van der Waals surface area contributed by atoms with Gasteiger partial charge in [-0.3, -0.25) is 19.2 Å². The van der Waals surface area contributed by atoms with Gasteiger partial charge in [-0.05, 0) is 0 Å². The highest BCUT2D eigenvalue weighted by Crippen LogP contribution is 2.44. The molecule has 0 aromatic rings. The van der Waals surface area contributed by atoms with Crippen LogP contribution in [0.3, 0.4) is 0 Å². The predicted molar refractivity (Wildman–Crippen MR) is 443 cm³/mol. The Labute approximate surface area is 823 Å². The van der Waals surface area contributed by atoms with E-state index in [9.17, 15) is 207 Å². The third kappa shape index (κ3) is 26.2. The van der Waals surface area contributed by atoms with Gasteiger partial charge in [-0.2, -0.15) is 0 Å². The van der Waals surface area contributed by atoms with E-state index in [0.717, 1.165) is 27.7 Å². The molecule has 11 aliphatic heterocycles. The number of amides is 4.